The number of hydrogen-bond acceptors (Lipinski definition) is 2. The molecular formula is C14H20O2. The van der Waals surface area contributed by atoms with E-state index in [-0.39, 0.29) is 6.10 Å². The van der Waals surface area contributed by atoms with E-state index in [2.05, 4.69) is 19.1 Å². The van der Waals surface area contributed by atoms with Gasteiger partial charge in [-0.25, -0.2) is 0 Å². The van der Waals surface area contributed by atoms with Crippen LogP contribution in [0.4, 0.5) is 0 Å². The topological polar surface area (TPSA) is 29.5 Å². The van der Waals surface area contributed by atoms with Gasteiger partial charge in [0.2, 0.25) is 0 Å². The van der Waals surface area contributed by atoms with Crippen LogP contribution in [0.3, 0.4) is 0 Å². The van der Waals surface area contributed by atoms with E-state index < -0.39 is 0 Å². The Labute approximate surface area is 97.3 Å². The molecule has 0 fully saturated rings. The van der Waals surface area contributed by atoms with E-state index in [0.717, 1.165) is 25.0 Å². The van der Waals surface area contributed by atoms with E-state index in [1.807, 2.05) is 6.07 Å². The molecule has 16 heavy (non-hydrogen) atoms. The van der Waals surface area contributed by atoms with Gasteiger partial charge in [-0.3, -0.25) is 0 Å². The van der Waals surface area contributed by atoms with Gasteiger partial charge in [0, 0.05) is 0 Å². The third-order valence-corrected chi connectivity index (χ3v) is 3.21. The van der Waals surface area contributed by atoms with Gasteiger partial charge in [0.1, 0.15) is 0 Å². The zero-order valence-corrected chi connectivity index (χ0v) is 9.91. The summed E-state index contributed by atoms with van der Waals surface area (Å²) in [5.74, 6) is 0. The number of aliphatic hydroxyl groups excluding tert-OH is 1. The van der Waals surface area contributed by atoms with Crippen molar-refractivity contribution in [2.24, 2.45) is 0 Å². The zero-order valence-electron chi connectivity index (χ0n) is 9.91. The standard InChI is InChI=1S/C14H20O2/c1-2-3-4-5-14(15)11-6-7-12-9-16-10-13(12)8-11/h6-8,14-15H,2-5,9-10H2,1H3. The highest BCUT2D eigenvalue weighted by atomic mass is 16.5. The van der Waals surface area contributed by atoms with Crippen molar-refractivity contribution in [1.82, 2.24) is 0 Å². The van der Waals surface area contributed by atoms with Crippen molar-refractivity contribution in [2.75, 3.05) is 0 Å². The third-order valence-electron chi connectivity index (χ3n) is 3.21. The van der Waals surface area contributed by atoms with Gasteiger partial charge in [-0.1, -0.05) is 44.4 Å². The maximum atomic E-state index is 10.0. The van der Waals surface area contributed by atoms with Crippen molar-refractivity contribution in [3.8, 4) is 0 Å². The second-order valence-corrected chi connectivity index (χ2v) is 4.53. The molecule has 0 radical (unpaired) electrons. The first-order valence-electron chi connectivity index (χ1n) is 6.18. The third kappa shape index (κ3) is 2.63. The molecule has 0 saturated heterocycles. The molecule has 1 aliphatic heterocycles. The lowest BCUT2D eigenvalue weighted by Crippen LogP contribution is -1.98. The fourth-order valence-corrected chi connectivity index (χ4v) is 2.15. The number of benzene rings is 1. The minimum atomic E-state index is -0.308. The van der Waals surface area contributed by atoms with Gasteiger partial charge < -0.3 is 9.84 Å². The first-order chi connectivity index (χ1) is 7.81. The Morgan fingerprint density at radius 3 is 2.88 bits per heavy atom. The van der Waals surface area contributed by atoms with E-state index in [1.54, 1.807) is 0 Å². The minimum absolute atomic E-state index is 0.308. The van der Waals surface area contributed by atoms with Crippen molar-refractivity contribution in [1.29, 1.82) is 0 Å². The lowest BCUT2D eigenvalue weighted by Gasteiger charge is -2.11. The number of rotatable bonds is 5. The first-order valence-corrected chi connectivity index (χ1v) is 6.18. The SMILES string of the molecule is CCCCCC(O)c1ccc2c(c1)COC2. The lowest BCUT2D eigenvalue weighted by atomic mass is 9.99. The maximum absolute atomic E-state index is 10.0. The molecule has 88 valence electrons. The van der Waals surface area contributed by atoms with Crippen LogP contribution in [0, 0.1) is 0 Å². The van der Waals surface area contributed by atoms with Crippen molar-refractivity contribution < 1.29 is 9.84 Å². The molecule has 1 aromatic rings. The van der Waals surface area contributed by atoms with Crippen LogP contribution in [-0.2, 0) is 18.0 Å². The molecule has 0 saturated carbocycles. The normalized spacial score (nSPS) is 16.1. The van der Waals surface area contributed by atoms with Gasteiger partial charge in [-0.05, 0) is 23.1 Å². The molecule has 0 bridgehead atoms. The molecule has 1 unspecified atom stereocenters. The predicted octanol–water partition coefficient (Wildman–Crippen LogP) is 3.33. The highest BCUT2D eigenvalue weighted by molar-refractivity contribution is 5.34. The van der Waals surface area contributed by atoms with Crippen LogP contribution in [0.5, 0.6) is 0 Å². The van der Waals surface area contributed by atoms with E-state index in [4.69, 9.17) is 4.74 Å². The van der Waals surface area contributed by atoms with Crippen LogP contribution in [-0.4, -0.2) is 5.11 Å². The van der Waals surface area contributed by atoms with Crippen LogP contribution in [0.15, 0.2) is 18.2 Å². The zero-order chi connectivity index (χ0) is 11.4. The van der Waals surface area contributed by atoms with Gasteiger partial charge in [0.25, 0.3) is 0 Å². The molecule has 1 heterocycles. The summed E-state index contributed by atoms with van der Waals surface area (Å²) < 4.78 is 5.37. The lowest BCUT2D eigenvalue weighted by molar-refractivity contribution is 0.134. The van der Waals surface area contributed by atoms with Gasteiger partial charge in [0.05, 0.1) is 19.3 Å². The molecule has 0 aromatic heterocycles. The van der Waals surface area contributed by atoms with Crippen molar-refractivity contribution in [2.45, 2.75) is 51.9 Å². The van der Waals surface area contributed by atoms with Crippen LogP contribution >= 0.6 is 0 Å². The summed E-state index contributed by atoms with van der Waals surface area (Å²) in [5.41, 5.74) is 3.55. The smallest absolute Gasteiger partial charge is 0.0790 e. The summed E-state index contributed by atoms with van der Waals surface area (Å²) in [6.45, 7) is 3.60. The number of hydrogen-bond donors (Lipinski definition) is 1. The fourth-order valence-electron chi connectivity index (χ4n) is 2.15. The minimum Gasteiger partial charge on any atom is -0.388 e. The van der Waals surface area contributed by atoms with Crippen molar-refractivity contribution in [3.05, 3.63) is 34.9 Å². The Morgan fingerprint density at radius 2 is 2.06 bits per heavy atom. The monoisotopic (exact) mass is 220 g/mol. The number of aliphatic hydroxyl groups is 1. The summed E-state index contributed by atoms with van der Waals surface area (Å²) in [4.78, 5) is 0. The Hall–Kier alpha value is -0.860. The first kappa shape index (κ1) is 11.6. The van der Waals surface area contributed by atoms with Gasteiger partial charge in [0.15, 0.2) is 0 Å². The van der Waals surface area contributed by atoms with E-state index >= 15 is 0 Å². The Balaban J connectivity index is 1.98. The Kier molecular flexibility index (Phi) is 3.97. The average Bonchev–Trinajstić information content (AvgIpc) is 2.76. The van der Waals surface area contributed by atoms with E-state index in [9.17, 15) is 5.11 Å². The Morgan fingerprint density at radius 1 is 1.25 bits per heavy atom. The van der Waals surface area contributed by atoms with Crippen LogP contribution in [0.2, 0.25) is 0 Å². The highest BCUT2D eigenvalue weighted by Crippen LogP contribution is 2.26. The van der Waals surface area contributed by atoms with Crippen LogP contribution in [0.25, 0.3) is 0 Å². The van der Waals surface area contributed by atoms with Crippen LogP contribution < -0.4 is 0 Å². The molecule has 1 atom stereocenters. The molecule has 2 rings (SSSR count). The molecule has 0 amide bonds. The van der Waals surface area contributed by atoms with Gasteiger partial charge in [-0.15, -0.1) is 0 Å². The average molecular weight is 220 g/mol. The Bertz CT molecular complexity index is 347. The summed E-state index contributed by atoms with van der Waals surface area (Å²) in [6, 6.07) is 6.21. The molecular weight excluding hydrogens is 200 g/mol. The molecule has 1 N–H and O–H groups in total. The van der Waals surface area contributed by atoms with Gasteiger partial charge >= 0.3 is 0 Å². The number of ether oxygens (including phenoxy) is 1. The molecule has 2 heteroatoms. The molecule has 1 aliphatic rings. The quantitative estimate of drug-likeness (QED) is 0.771. The summed E-state index contributed by atoms with van der Waals surface area (Å²) in [7, 11) is 0. The fraction of sp³-hybridized carbons (Fsp3) is 0.571. The predicted molar refractivity (Wildman–Crippen MR) is 64.0 cm³/mol. The van der Waals surface area contributed by atoms with Crippen LogP contribution in [0.1, 0.15) is 55.4 Å². The number of unbranched alkanes of at least 4 members (excludes halogenated alkanes) is 2. The summed E-state index contributed by atoms with van der Waals surface area (Å²) in [5, 5.41) is 10.0. The summed E-state index contributed by atoms with van der Waals surface area (Å²) in [6.07, 6.45) is 4.06. The number of fused-ring (bicyclic) bond motifs is 1. The van der Waals surface area contributed by atoms with E-state index in [1.165, 1.54) is 24.0 Å². The molecule has 1 aromatic carbocycles. The molecule has 2 nitrogen and oxygen atoms in total. The van der Waals surface area contributed by atoms with Gasteiger partial charge in [-0.2, -0.15) is 0 Å². The second-order valence-electron chi connectivity index (χ2n) is 4.53. The summed E-state index contributed by atoms with van der Waals surface area (Å²) >= 11 is 0. The highest BCUT2D eigenvalue weighted by Gasteiger charge is 2.14. The largest absolute Gasteiger partial charge is 0.388 e. The molecule has 0 spiro atoms. The second kappa shape index (κ2) is 5.46. The van der Waals surface area contributed by atoms with Crippen molar-refractivity contribution in [3.63, 3.8) is 0 Å². The van der Waals surface area contributed by atoms with E-state index in [0.29, 0.717) is 6.61 Å². The molecule has 0 aliphatic carbocycles. The maximum Gasteiger partial charge on any atom is 0.0790 e. The van der Waals surface area contributed by atoms with Crippen molar-refractivity contribution >= 4 is 0 Å².